The number of hydrogen-bond acceptors (Lipinski definition) is 4. The summed E-state index contributed by atoms with van der Waals surface area (Å²) in [5.41, 5.74) is 0. The van der Waals surface area contributed by atoms with Crippen LogP contribution in [0.4, 0.5) is 0 Å². The summed E-state index contributed by atoms with van der Waals surface area (Å²) in [5, 5.41) is 0. The van der Waals surface area contributed by atoms with Crippen molar-refractivity contribution in [3.8, 4) is 0 Å². The van der Waals surface area contributed by atoms with Crippen molar-refractivity contribution in [3.05, 3.63) is 0 Å². The molecule has 0 aromatic rings. The fourth-order valence-corrected chi connectivity index (χ4v) is 6.84. The maximum absolute atomic E-state index is 12.4. The molecule has 0 fully saturated rings. The second-order valence-corrected chi connectivity index (χ2v) is 13.3. The van der Waals surface area contributed by atoms with Crippen LogP contribution in [0.15, 0.2) is 0 Å². The molecule has 0 saturated heterocycles. The molecular formula is C19H40O4S2. The summed E-state index contributed by atoms with van der Waals surface area (Å²) in [6.45, 7) is 6.37. The summed E-state index contributed by atoms with van der Waals surface area (Å²) in [5.74, 6) is -0.172. The molecule has 0 aliphatic carbocycles. The van der Waals surface area contributed by atoms with Gasteiger partial charge in [-0.1, -0.05) is 84.5 Å². The second-order valence-electron chi connectivity index (χ2n) is 7.51. The maximum atomic E-state index is 12.4. The number of rotatable bonds is 16. The predicted octanol–water partition coefficient (Wildman–Crippen LogP) is 5.27. The Morgan fingerprint density at radius 1 is 0.560 bits per heavy atom. The van der Waals surface area contributed by atoms with Crippen molar-refractivity contribution in [3.63, 3.8) is 0 Å². The average Bonchev–Trinajstić information content (AvgIpc) is 2.55. The van der Waals surface area contributed by atoms with Gasteiger partial charge in [-0.15, -0.1) is 0 Å². The molecule has 0 spiro atoms. The van der Waals surface area contributed by atoms with Crippen molar-refractivity contribution in [1.29, 1.82) is 0 Å². The van der Waals surface area contributed by atoms with Gasteiger partial charge in [0.25, 0.3) is 0 Å². The van der Waals surface area contributed by atoms with Gasteiger partial charge < -0.3 is 0 Å². The van der Waals surface area contributed by atoms with E-state index in [0.717, 1.165) is 19.3 Å². The molecule has 0 aliphatic heterocycles. The van der Waals surface area contributed by atoms with Crippen LogP contribution in [0.1, 0.15) is 105 Å². The van der Waals surface area contributed by atoms with E-state index in [1.807, 2.05) is 0 Å². The van der Waals surface area contributed by atoms with Gasteiger partial charge in [0, 0.05) is 5.75 Å². The maximum Gasteiger partial charge on any atom is 0.169 e. The lowest BCUT2D eigenvalue weighted by Gasteiger charge is -2.24. The van der Waals surface area contributed by atoms with E-state index in [1.54, 1.807) is 0 Å². The first-order valence-electron chi connectivity index (χ1n) is 10.1. The van der Waals surface area contributed by atoms with Crippen molar-refractivity contribution in [2.24, 2.45) is 0 Å². The summed E-state index contributed by atoms with van der Waals surface area (Å²) in [6, 6.07) is 0. The molecule has 0 saturated carbocycles. The summed E-state index contributed by atoms with van der Waals surface area (Å²) >= 11 is 0. The molecule has 0 amide bonds. The first-order chi connectivity index (χ1) is 11.6. The molecule has 0 atom stereocenters. The van der Waals surface area contributed by atoms with Gasteiger partial charge >= 0.3 is 0 Å². The molecule has 0 bridgehead atoms. The normalized spacial score (nSPS) is 13.3. The summed E-state index contributed by atoms with van der Waals surface area (Å²) in [4.78, 5) is 0. The Hall–Kier alpha value is -0.100. The van der Waals surface area contributed by atoms with Crippen molar-refractivity contribution in [2.75, 3.05) is 11.5 Å². The van der Waals surface area contributed by atoms with Crippen molar-refractivity contribution in [1.82, 2.24) is 0 Å². The third kappa shape index (κ3) is 8.89. The zero-order valence-corrected chi connectivity index (χ0v) is 18.5. The Bertz CT molecular complexity index is 534. The SMILES string of the molecule is CCCCCCCCCCCCCCS(=O)(=O)C(C)(C)S(=O)(=O)CC. The van der Waals surface area contributed by atoms with Crippen molar-refractivity contribution < 1.29 is 16.8 Å². The summed E-state index contributed by atoms with van der Waals surface area (Å²) in [6.07, 6.45) is 14.1. The lowest BCUT2D eigenvalue weighted by atomic mass is 10.1. The van der Waals surface area contributed by atoms with E-state index >= 15 is 0 Å². The standard InChI is InChI=1S/C19H40O4S2/c1-5-7-8-9-10-11-12-13-14-15-16-17-18-25(22,23)19(3,4)24(20,21)6-2/h5-18H2,1-4H3. The zero-order chi connectivity index (χ0) is 19.4. The minimum Gasteiger partial charge on any atom is -0.227 e. The van der Waals surface area contributed by atoms with Gasteiger partial charge in [0.2, 0.25) is 0 Å². The highest BCUT2D eigenvalue weighted by Gasteiger charge is 2.44. The molecule has 6 heteroatoms. The fourth-order valence-electron chi connectivity index (χ4n) is 2.92. The third-order valence-electron chi connectivity index (χ3n) is 5.14. The molecule has 0 aromatic carbocycles. The topological polar surface area (TPSA) is 68.3 Å². The van der Waals surface area contributed by atoms with Gasteiger partial charge in [-0.3, -0.25) is 0 Å². The molecule has 25 heavy (non-hydrogen) atoms. The van der Waals surface area contributed by atoms with Crippen LogP contribution < -0.4 is 0 Å². The van der Waals surface area contributed by atoms with E-state index < -0.39 is 23.8 Å². The van der Waals surface area contributed by atoms with E-state index in [1.165, 1.54) is 72.1 Å². The van der Waals surface area contributed by atoms with E-state index in [2.05, 4.69) is 6.92 Å². The lowest BCUT2D eigenvalue weighted by Crippen LogP contribution is -2.42. The van der Waals surface area contributed by atoms with Crippen LogP contribution in [-0.4, -0.2) is 32.4 Å². The smallest absolute Gasteiger partial charge is 0.169 e. The number of hydrogen-bond donors (Lipinski definition) is 0. The highest BCUT2D eigenvalue weighted by Crippen LogP contribution is 2.26. The molecule has 0 heterocycles. The Morgan fingerprint density at radius 3 is 1.28 bits per heavy atom. The Balaban J connectivity index is 3.85. The van der Waals surface area contributed by atoms with Crippen LogP contribution in [0.3, 0.4) is 0 Å². The number of sulfone groups is 2. The number of unbranched alkanes of at least 4 members (excludes halogenated alkanes) is 11. The monoisotopic (exact) mass is 396 g/mol. The van der Waals surface area contributed by atoms with Gasteiger partial charge in [0.1, 0.15) is 0 Å². The van der Waals surface area contributed by atoms with E-state index in [4.69, 9.17) is 0 Å². The lowest BCUT2D eigenvalue weighted by molar-refractivity contribution is 0.541. The molecule has 0 radical (unpaired) electrons. The van der Waals surface area contributed by atoms with Crippen LogP contribution in [0, 0.1) is 0 Å². The van der Waals surface area contributed by atoms with Gasteiger partial charge in [0.05, 0.1) is 5.75 Å². The minimum absolute atomic E-state index is 0.0311. The first-order valence-corrected chi connectivity index (χ1v) is 13.4. The minimum atomic E-state index is -3.63. The predicted molar refractivity (Wildman–Crippen MR) is 108 cm³/mol. The second kappa shape index (κ2) is 12.3. The average molecular weight is 397 g/mol. The molecular weight excluding hydrogens is 356 g/mol. The Kier molecular flexibility index (Phi) is 12.3. The largest absolute Gasteiger partial charge is 0.227 e. The van der Waals surface area contributed by atoms with E-state index in [9.17, 15) is 16.8 Å². The molecule has 0 rings (SSSR count). The van der Waals surface area contributed by atoms with Crippen molar-refractivity contribution >= 4 is 19.7 Å². The van der Waals surface area contributed by atoms with E-state index in [0.29, 0.717) is 6.42 Å². The van der Waals surface area contributed by atoms with Gasteiger partial charge in [-0.25, -0.2) is 16.8 Å². The zero-order valence-electron chi connectivity index (χ0n) is 16.8. The van der Waals surface area contributed by atoms with Gasteiger partial charge in [0.15, 0.2) is 23.8 Å². The molecule has 0 unspecified atom stereocenters. The van der Waals surface area contributed by atoms with Crippen molar-refractivity contribution in [2.45, 2.75) is 109 Å². The highest BCUT2D eigenvalue weighted by molar-refractivity contribution is 8.10. The van der Waals surface area contributed by atoms with Gasteiger partial charge in [-0.05, 0) is 20.3 Å². The molecule has 0 aliphatic rings. The van der Waals surface area contributed by atoms with Crippen LogP contribution >= 0.6 is 0 Å². The molecule has 152 valence electrons. The fraction of sp³-hybridized carbons (Fsp3) is 1.00. The quantitative estimate of drug-likeness (QED) is 0.333. The summed E-state index contributed by atoms with van der Waals surface area (Å²) < 4.78 is 47.1. The molecule has 4 nitrogen and oxygen atoms in total. The molecule has 0 aromatic heterocycles. The Morgan fingerprint density at radius 2 is 0.920 bits per heavy atom. The van der Waals surface area contributed by atoms with E-state index in [-0.39, 0.29) is 11.5 Å². The first kappa shape index (κ1) is 24.9. The summed E-state index contributed by atoms with van der Waals surface area (Å²) in [7, 11) is -7.24. The van der Waals surface area contributed by atoms with Crippen LogP contribution in [0.25, 0.3) is 0 Å². The van der Waals surface area contributed by atoms with Crippen LogP contribution in [0.2, 0.25) is 0 Å². The van der Waals surface area contributed by atoms with Crippen LogP contribution in [-0.2, 0) is 19.7 Å². The van der Waals surface area contributed by atoms with Gasteiger partial charge in [-0.2, -0.15) is 0 Å². The van der Waals surface area contributed by atoms with Crippen LogP contribution in [0.5, 0.6) is 0 Å². The molecule has 0 N–H and O–H groups in total. The Labute approximate surface area is 157 Å². The highest BCUT2D eigenvalue weighted by atomic mass is 32.3. The third-order valence-corrected chi connectivity index (χ3v) is 11.3.